The lowest BCUT2D eigenvalue weighted by Gasteiger charge is -2.24. The molecular formula is C14H16N2O3S2. The van der Waals surface area contributed by atoms with E-state index >= 15 is 0 Å². The Balaban J connectivity index is 2.00. The lowest BCUT2D eigenvalue weighted by atomic mass is 10.2. The molecule has 2 unspecified atom stereocenters. The summed E-state index contributed by atoms with van der Waals surface area (Å²) in [6.07, 6.45) is 0.348. The van der Waals surface area contributed by atoms with Crippen molar-refractivity contribution in [2.45, 2.75) is 24.6 Å². The third-order valence-electron chi connectivity index (χ3n) is 3.62. The van der Waals surface area contributed by atoms with Gasteiger partial charge in [0.05, 0.1) is 17.5 Å². The molecule has 0 saturated carbocycles. The number of aliphatic imine (C=N–C) groups is 1. The summed E-state index contributed by atoms with van der Waals surface area (Å²) in [4.78, 5) is 17.7. The van der Waals surface area contributed by atoms with Crippen molar-refractivity contribution in [2.75, 3.05) is 16.4 Å². The maximum Gasteiger partial charge on any atom is 0.247 e. The Bertz CT molecular complexity index is 685. The SMILES string of the molecule is CCC(=O)N=C1SC2CS(=O)(=O)CC2N1c1ccccc1. The quantitative estimate of drug-likeness (QED) is 0.828. The monoisotopic (exact) mass is 324 g/mol. The highest BCUT2D eigenvalue weighted by molar-refractivity contribution is 8.16. The molecule has 2 saturated heterocycles. The summed E-state index contributed by atoms with van der Waals surface area (Å²) >= 11 is 1.41. The molecule has 1 aromatic rings. The minimum atomic E-state index is -3.01. The average Bonchev–Trinajstić information content (AvgIpc) is 2.90. The third-order valence-corrected chi connectivity index (χ3v) is 6.83. The predicted octanol–water partition coefficient (Wildman–Crippen LogP) is 1.70. The Morgan fingerprint density at radius 1 is 1.33 bits per heavy atom. The van der Waals surface area contributed by atoms with Gasteiger partial charge in [0.2, 0.25) is 5.91 Å². The number of carbonyl (C=O) groups is 1. The van der Waals surface area contributed by atoms with Gasteiger partial charge in [-0.15, -0.1) is 0 Å². The van der Waals surface area contributed by atoms with Gasteiger partial charge in [-0.25, -0.2) is 8.42 Å². The van der Waals surface area contributed by atoms with Crippen LogP contribution in [-0.2, 0) is 14.6 Å². The summed E-state index contributed by atoms with van der Waals surface area (Å²) in [5.74, 6) is 0.102. The number of amidine groups is 1. The van der Waals surface area contributed by atoms with Crippen molar-refractivity contribution in [2.24, 2.45) is 4.99 Å². The van der Waals surface area contributed by atoms with Crippen molar-refractivity contribution in [3.8, 4) is 0 Å². The Hall–Kier alpha value is -1.34. The molecule has 2 aliphatic heterocycles. The van der Waals surface area contributed by atoms with Crippen LogP contribution < -0.4 is 4.90 Å². The molecule has 5 nitrogen and oxygen atoms in total. The predicted molar refractivity (Wildman–Crippen MR) is 85.5 cm³/mol. The van der Waals surface area contributed by atoms with E-state index in [-0.39, 0.29) is 28.7 Å². The molecule has 0 spiro atoms. The average molecular weight is 324 g/mol. The maximum absolute atomic E-state index is 11.9. The van der Waals surface area contributed by atoms with E-state index in [9.17, 15) is 13.2 Å². The molecule has 0 N–H and O–H groups in total. The second-order valence-corrected chi connectivity index (χ2v) is 8.51. The molecule has 2 heterocycles. The second kappa shape index (κ2) is 5.46. The molecule has 21 heavy (non-hydrogen) atoms. The van der Waals surface area contributed by atoms with Crippen LogP contribution in [-0.4, -0.2) is 42.3 Å². The highest BCUT2D eigenvalue weighted by Crippen LogP contribution is 2.40. The Labute approximate surface area is 128 Å². The van der Waals surface area contributed by atoms with Crippen LogP contribution in [0.1, 0.15) is 13.3 Å². The van der Waals surface area contributed by atoms with Crippen LogP contribution in [0.15, 0.2) is 35.3 Å². The van der Waals surface area contributed by atoms with Crippen LogP contribution >= 0.6 is 11.8 Å². The van der Waals surface area contributed by atoms with Crippen molar-refractivity contribution in [3.05, 3.63) is 30.3 Å². The molecule has 0 aliphatic carbocycles. The molecule has 2 atom stereocenters. The Morgan fingerprint density at radius 3 is 2.71 bits per heavy atom. The van der Waals surface area contributed by atoms with Crippen molar-refractivity contribution in [3.63, 3.8) is 0 Å². The van der Waals surface area contributed by atoms with E-state index in [2.05, 4.69) is 4.99 Å². The lowest BCUT2D eigenvalue weighted by molar-refractivity contribution is -0.117. The molecule has 1 amide bonds. The van der Waals surface area contributed by atoms with Gasteiger partial charge in [-0.2, -0.15) is 4.99 Å². The van der Waals surface area contributed by atoms with Gasteiger partial charge < -0.3 is 4.90 Å². The number of benzene rings is 1. The number of carbonyl (C=O) groups excluding carboxylic acids is 1. The molecule has 0 radical (unpaired) electrons. The first-order valence-corrected chi connectivity index (χ1v) is 9.53. The molecule has 0 aromatic heterocycles. The number of fused-ring (bicyclic) bond motifs is 1. The molecule has 112 valence electrons. The first kappa shape index (κ1) is 14.6. The lowest BCUT2D eigenvalue weighted by Crippen LogP contribution is -2.37. The van der Waals surface area contributed by atoms with Gasteiger partial charge in [-0.05, 0) is 12.1 Å². The summed E-state index contributed by atoms with van der Waals surface area (Å²) in [5.41, 5.74) is 0.886. The fraction of sp³-hybridized carbons (Fsp3) is 0.429. The number of hydrogen-bond acceptors (Lipinski definition) is 4. The van der Waals surface area contributed by atoms with Gasteiger partial charge in [0.1, 0.15) is 0 Å². The number of para-hydroxylation sites is 1. The van der Waals surface area contributed by atoms with E-state index in [4.69, 9.17) is 0 Å². The van der Waals surface area contributed by atoms with Crippen LogP contribution in [0.4, 0.5) is 5.69 Å². The van der Waals surface area contributed by atoms with Crippen LogP contribution in [0, 0.1) is 0 Å². The molecule has 2 aliphatic rings. The van der Waals surface area contributed by atoms with Crippen LogP contribution in [0.25, 0.3) is 0 Å². The topological polar surface area (TPSA) is 66.8 Å². The number of thioether (sulfide) groups is 1. The minimum absolute atomic E-state index is 0.0430. The molecule has 0 bridgehead atoms. The Kier molecular flexibility index (Phi) is 3.79. The first-order chi connectivity index (χ1) is 10.00. The van der Waals surface area contributed by atoms with Crippen LogP contribution in [0.3, 0.4) is 0 Å². The zero-order chi connectivity index (χ0) is 15.0. The van der Waals surface area contributed by atoms with Crippen molar-refractivity contribution < 1.29 is 13.2 Å². The zero-order valence-electron chi connectivity index (χ0n) is 11.6. The fourth-order valence-electron chi connectivity index (χ4n) is 2.64. The molecular weight excluding hydrogens is 308 g/mol. The molecule has 1 aromatic carbocycles. The maximum atomic E-state index is 11.9. The smallest absolute Gasteiger partial charge is 0.247 e. The number of rotatable bonds is 2. The zero-order valence-corrected chi connectivity index (χ0v) is 13.2. The van der Waals surface area contributed by atoms with E-state index in [1.807, 2.05) is 35.2 Å². The van der Waals surface area contributed by atoms with Gasteiger partial charge >= 0.3 is 0 Å². The van der Waals surface area contributed by atoms with Gasteiger partial charge in [-0.1, -0.05) is 36.9 Å². The van der Waals surface area contributed by atoms with E-state index in [1.54, 1.807) is 6.92 Å². The normalized spacial score (nSPS) is 28.8. The van der Waals surface area contributed by atoms with Gasteiger partial charge in [-0.3, -0.25) is 4.79 Å². The third kappa shape index (κ3) is 2.85. The van der Waals surface area contributed by atoms with Crippen LogP contribution in [0.2, 0.25) is 0 Å². The summed E-state index contributed by atoms with van der Waals surface area (Å²) in [6, 6.07) is 9.40. The van der Waals surface area contributed by atoms with E-state index in [0.717, 1.165) is 5.69 Å². The molecule has 7 heteroatoms. The summed E-state index contributed by atoms with van der Waals surface area (Å²) in [5, 5.41) is 0.580. The largest absolute Gasteiger partial charge is 0.316 e. The van der Waals surface area contributed by atoms with Crippen molar-refractivity contribution in [1.29, 1.82) is 0 Å². The molecule has 2 fully saturated rings. The van der Waals surface area contributed by atoms with Crippen molar-refractivity contribution in [1.82, 2.24) is 0 Å². The fourth-order valence-corrected chi connectivity index (χ4v) is 6.57. The van der Waals surface area contributed by atoms with E-state index < -0.39 is 9.84 Å². The first-order valence-electron chi connectivity index (χ1n) is 6.83. The highest BCUT2D eigenvalue weighted by Gasteiger charge is 2.49. The number of anilines is 1. The highest BCUT2D eigenvalue weighted by atomic mass is 32.2. The second-order valence-electron chi connectivity index (χ2n) is 5.15. The Morgan fingerprint density at radius 2 is 2.05 bits per heavy atom. The van der Waals surface area contributed by atoms with Gasteiger partial charge in [0, 0.05) is 17.4 Å². The summed E-state index contributed by atoms with van der Waals surface area (Å²) in [6.45, 7) is 1.77. The van der Waals surface area contributed by atoms with Gasteiger partial charge in [0.25, 0.3) is 0 Å². The number of sulfone groups is 1. The van der Waals surface area contributed by atoms with Crippen molar-refractivity contribution >= 4 is 38.4 Å². The summed E-state index contributed by atoms with van der Waals surface area (Å²) < 4.78 is 23.7. The number of nitrogens with zero attached hydrogens (tertiary/aromatic N) is 2. The van der Waals surface area contributed by atoms with Gasteiger partial charge in [0.15, 0.2) is 15.0 Å². The number of amides is 1. The standard InChI is InChI=1S/C14H16N2O3S2/c1-2-13(17)15-14-16(10-6-4-3-5-7-10)11-8-21(18,19)9-12(11)20-14/h3-7,11-12H,2,8-9H2,1H3. The van der Waals surface area contributed by atoms with E-state index in [0.29, 0.717) is 11.6 Å². The summed E-state index contributed by atoms with van der Waals surface area (Å²) in [7, 11) is -3.01. The molecule has 3 rings (SSSR count). The number of hydrogen-bond donors (Lipinski definition) is 0. The van der Waals surface area contributed by atoms with Crippen LogP contribution in [0.5, 0.6) is 0 Å². The minimum Gasteiger partial charge on any atom is -0.316 e. The van der Waals surface area contributed by atoms with E-state index in [1.165, 1.54) is 11.8 Å².